The zero-order chi connectivity index (χ0) is 17.6. The van der Waals surface area contributed by atoms with E-state index in [0.29, 0.717) is 0 Å². The third kappa shape index (κ3) is 4.41. The van der Waals surface area contributed by atoms with Crippen molar-refractivity contribution in [3.8, 4) is 5.75 Å². The zero-order valence-electron chi connectivity index (χ0n) is 15.1. The van der Waals surface area contributed by atoms with Gasteiger partial charge in [0.1, 0.15) is 5.75 Å². The molecule has 1 amide bonds. The van der Waals surface area contributed by atoms with Crippen LogP contribution < -0.4 is 10.1 Å². The second-order valence-corrected chi connectivity index (χ2v) is 6.78. The molecule has 0 radical (unpaired) electrons. The summed E-state index contributed by atoms with van der Waals surface area (Å²) in [5, 5.41) is 3.10. The average Bonchev–Trinajstić information content (AvgIpc) is 2.66. The Balaban J connectivity index is 1.62. The minimum Gasteiger partial charge on any atom is -0.481 e. The molecule has 0 spiro atoms. The van der Waals surface area contributed by atoms with Gasteiger partial charge in [-0.25, -0.2) is 0 Å². The van der Waals surface area contributed by atoms with E-state index in [2.05, 4.69) is 24.4 Å². The molecule has 1 aliphatic rings. The van der Waals surface area contributed by atoms with Crippen molar-refractivity contribution < 1.29 is 9.53 Å². The van der Waals surface area contributed by atoms with Crippen LogP contribution in [0.15, 0.2) is 48.5 Å². The fourth-order valence-electron chi connectivity index (χ4n) is 3.44. The summed E-state index contributed by atoms with van der Waals surface area (Å²) in [6.45, 7) is 3.89. The average molecular weight is 337 g/mol. The van der Waals surface area contributed by atoms with E-state index in [9.17, 15) is 4.79 Å². The second kappa shape index (κ2) is 8.19. The lowest BCUT2D eigenvalue weighted by Gasteiger charge is -2.22. The van der Waals surface area contributed by atoms with Gasteiger partial charge in [0.15, 0.2) is 6.10 Å². The van der Waals surface area contributed by atoms with Crippen molar-refractivity contribution in [2.24, 2.45) is 0 Å². The van der Waals surface area contributed by atoms with Gasteiger partial charge in [0, 0.05) is 0 Å². The van der Waals surface area contributed by atoms with Crippen LogP contribution in [0.2, 0.25) is 0 Å². The topological polar surface area (TPSA) is 38.3 Å². The molecular weight excluding hydrogens is 310 g/mol. The summed E-state index contributed by atoms with van der Waals surface area (Å²) in [5.74, 6) is 0.712. The predicted molar refractivity (Wildman–Crippen MR) is 101 cm³/mol. The van der Waals surface area contributed by atoms with E-state index >= 15 is 0 Å². The number of ether oxygens (including phenoxy) is 1. The highest BCUT2D eigenvalue weighted by molar-refractivity contribution is 5.81. The lowest BCUT2D eigenvalue weighted by atomic mass is 9.92. The second-order valence-electron chi connectivity index (χ2n) is 6.78. The van der Waals surface area contributed by atoms with E-state index < -0.39 is 6.10 Å². The van der Waals surface area contributed by atoms with Gasteiger partial charge < -0.3 is 10.1 Å². The molecule has 2 atom stereocenters. The highest BCUT2D eigenvalue weighted by atomic mass is 16.5. The number of benzene rings is 2. The van der Waals surface area contributed by atoms with Crippen molar-refractivity contribution in [1.82, 2.24) is 5.32 Å². The van der Waals surface area contributed by atoms with Crippen molar-refractivity contribution in [3.05, 3.63) is 65.2 Å². The van der Waals surface area contributed by atoms with Gasteiger partial charge in [-0.05, 0) is 67.9 Å². The van der Waals surface area contributed by atoms with Crippen molar-refractivity contribution >= 4 is 5.91 Å². The summed E-state index contributed by atoms with van der Waals surface area (Å²) in [6, 6.07) is 16.3. The SMILES string of the molecule is CC[C@@H](NC(=O)[C@@H](C)Oc1ccc2c(c1)CCCC2)c1ccccc1. The van der Waals surface area contributed by atoms with Gasteiger partial charge >= 0.3 is 0 Å². The first-order valence-electron chi connectivity index (χ1n) is 9.31. The fourth-order valence-corrected chi connectivity index (χ4v) is 3.44. The van der Waals surface area contributed by atoms with Gasteiger partial charge in [0.05, 0.1) is 6.04 Å². The van der Waals surface area contributed by atoms with E-state index in [1.807, 2.05) is 43.3 Å². The molecule has 0 aliphatic heterocycles. The molecule has 3 heteroatoms. The van der Waals surface area contributed by atoms with Gasteiger partial charge in [-0.15, -0.1) is 0 Å². The van der Waals surface area contributed by atoms with Crippen LogP contribution in [0, 0.1) is 0 Å². The summed E-state index contributed by atoms with van der Waals surface area (Å²) < 4.78 is 5.91. The summed E-state index contributed by atoms with van der Waals surface area (Å²) in [4.78, 5) is 12.5. The summed E-state index contributed by atoms with van der Waals surface area (Å²) in [7, 11) is 0. The van der Waals surface area contributed by atoms with Crippen molar-refractivity contribution in [2.75, 3.05) is 0 Å². The lowest BCUT2D eigenvalue weighted by Crippen LogP contribution is -2.38. The highest BCUT2D eigenvalue weighted by Crippen LogP contribution is 2.26. The molecule has 3 rings (SSSR count). The maximum Gasteiger partial charge on any atom is 0.261 e. The minimum atomic E-state index is -0.514. The molecule has 0 saturated heterocycles. The molecule has 0 unspecified atom stereocenters. The zero-order valence-corrected chi connectivity index (χ0v) is 15.1. The maximum atomic E-state index is 12.5. The number of hydrogen-bond donors (Lipinski definition) is 1. The van der Waals surface area contributed by atoms with Crippen molar-refractivity contribution in [1.29, 1.82) is 0 Å². The van der Waals surface area contributed by atoms with Gasteiger partial charge in [0.2, 0.25) is 0 Å². The standard InChI is InChI=1S/C22H27NO2/c1-3-21(18-10-5-4-6-11-18)23-22(24)16(2)25-20-14-13-17-9-7-8-12-19(17)15-20/h4-6,10-11,13-16,21H,3,7-9,12H2,1-2H3,(H,23,24)/t16-,21-/m1/s1. The van der Waals surface area contributed by atoms with E-state index in [4.69, 9.17) is 4.74 Å². The Morgan fingerprint density at radius 3 is 2.52 bits per heavy atom. The molecule has 132 valence electrons. The molecule has 1 N–H and O–H groups in total. The molecule has 0 heterocycles. The molecule has 0 bridgehead atoms. The number of aryl methyl sites for hydroxylation is 2. The van der Waals surface area contributed by atoms with E-state index in [0.717, 1.165) is 30.6 Å². The Hall–Kier alpha value is -2.29. The van der Waals surface area contributed by atoms with Gasteiger partial charge in [0.25, 0.3) is 5.91 Å². The Kier molecular flexibility index (Phi) is 5.75. The van der Waals surface area contributed by atoms with Crippen LogP contribution in [0.3, 0.4) is 0 Å². The van der Waals surface area contributed by atoms with Crippen molar-refractivity contribution in [2.45, 2.75) is 58.1 Å². The van der Waals surface area contributed by atoms with Crippen LogP contribution in [-0.4, -0.2) is 12.0 Å². The number of amides is 1. The molecule has 3 nitrogen and oxygen atoms in total. The van der Waals surface area contributed by atoms with E-state index in [-0.39, 0.29) is 11.9 Å². The Morgan fingerprint density at radius 1 is 1.08 bits per heavy atom. The van der Waals surface area contributed by atoms with Gasteiger partial charge in [-0.1, -0.05) is 43.3 Å². The number of carbonyl (C=O) groups excluding carboxylic acids is 1. The molecular formula is C22H27NO2. The molecule has 2 aromatic carbocycles. The molecule has 1 aliphatic carbocycles. The van der Waals surface area contributed by atoms with Gasteiger partial charge in [-0.3, -0.25) is 4.79 Å². The van der Waals surface area contributed by atoms with Crippen LogP contribution in [0.25, 0.3) is 0 Å². The van der Waals surface area contributed by atoms with Crippen LogP contribution in [0.4, 0.5) is 0 Å². The highest BCUT2D eigenvalue weighted by Gasteiger charge is 2.20. The third-order valence-corrected chi connectivity index (χ3v) is 4.93. The number of nitrogens with one attached hydrogen (secondary N) is 1. The normalized spacial score (nSPS) is 15.8. The Labute approximate surface area is 150 Å². The molecule has 0 saturated carbocycles. The first-order valence-corrected chi connectivity index (χ1v) is 9.31. The van der Waals surface area contributed by atoms with Crippen LogP contribution >= 0.6 is 0 Å². The summed E-state index contributed by atoms with van der Waals surface area (Å²) in [5.41, 5.74) is 3.91. The van der Waals surface area contributed by atoms with Crippen LogP contribution in [0.1, 0.15) is 55.8 Å². The molecule has 25 heavy (non-hydrogen) atoms. The fraction of sp³-hybridized carbons (Fsp3) is 0.409. The number of hydrogen-bond acceptors (Lipinski definition) is 2. The number of carbonyl (C=O) groups is 1. The monoisotopic (exact) mass is 337 g/mol. The quantitative estimate of drug-likeness (QED) is 0.836. The van der Waals surface area contributed by atoms with E-state index in [1.165, 1.54) is 24.0 Å². The predicted octanol–water partition coefficient (Wildman–Crippen LogP) is 4.60. The minimum absolute atomic E-state index is 0.0169. The smallest absolute Gasteiger partial charge is 0.261 e. The van der Waals surface area contributed by atoms with Crippen LogP contribution in [0.5, 0.6) is 5.75 Å². The Bertz CT molecular complexity index is 711. The van der Waals surface area contributed by atoms with Crippen molar-refractivity contribution in [3.63, 3.8) is 0 Å². The summed E-state index contributed by atoms with van der Waals surface area (Å²) >= 11 is 0. The largest absolute Gasteiger partial charge is 0.481 e. The first kappa shape index (κ1) is 17.5. The number of fused-ring (bicyclic) bond motifs is 1. The molecule has 0 fully saturated rings. The maximum absolute atomic E-state index is 12.5. The number of rotatable bonds is 6. The lowest BCUT2D eigenvalue weighted by molar-refractivity contribution is -0.128. The van der Waals surface area contributed by atoms with Crippen LogP contribution in [-0.2, 0) is 17.6 Å². The third-order valence-electron chi connectivity index (χ3n) is 4.93. The molecule has 0 aromatic heterocycles. The van der Waals surface area contributed by atoms with E-state index in [1.54, 1.807) is 0 Å². The first-order chi connectivity index (χ1) is 12.2. The summed E-state index contributed by atoms with van der Waals surface area (Å²) in [6.07, 6.45) is 5.10. The van der Waals surface area contributed by atoms with Gasteiger partial charge in [-0.2, -0.15) is 0 Å². The Morgan fingerprint density at radius 2 is 1.80 bits per heavy atom. The molecule has 2 aromatic rings.